The maximum Gasteiger partial charge on any atom is 0.102 e. The minimum absolute atomic E-state index is 0.0954. The minimum Gasteiger partial charge on any atom is -0.379 e. The molecule has 3 nitrogen and oxygen atoms in total. The molecular formula is C14H25N2O+. The fraction of sp³-hybridized carbons (Fsp3) is 0.571. The summed E-state index contributed by atoms with van der Waals surface area (Å²) in [5, 5.41) is 0. The molecule has 1 aromatic carbocycles. The lowest BCUT2D eigenvalue weighted by atomic mass is 10.1. The molecule has 0 heterocycles. The average Bonchev–Trinajstić information content (AvgIpc) is 2.37. The van der Waals surface area contributed by atoms with Crippen LogP contribution in [0.25, 0.3) is 0 Å². The van der Waals surface area contributed by atoms with Crippen LogP contribution in [0.5, 0.6) is 0 Å². The molecule has 2 atom stereocenters. The maximum atomic E-state index is 6.27. The van der Waals surface area contributed by atoms with E-state index < -0.39 is 0 Å². The first-order valence-electron chi connectivity index (χ1n) is 6.24. The molecule has 0 fully saturated rings. The van der Waals surface area contributed by atoms with Crippen LogP contribution >= 0.6 is 0 Å². The van der Waals surface area contributed by atoms with Crippen LogP contribution in [-0.4, -0.2) is 44.9 Å². The Kier molecular flexibility index (Phi) is 5.62. The summed E-state index contributed by atoms with van der Waals surface area (Å²) in [7, 11) is 3.99. The lowest BCUT2D eigenvalue weighted by molar-refractivity contribution is -0.909. The number of likely N-dealkylation sites (N-methyl/N-ethyl adjacent to an activating group) is 1. The first-order valence-corrected chi connectivity index (χ1v) is 6.24. The van der Waals surface area contributed by atoms with Crippen molar-refractivity contribution in [2.75, 3.05) is 40.4 Å². The van der Waals surface area contributed by atoms with E-state index in [1.165, 1.54) is 5.56 Å². The van der Waals surface area contributed by atoms with Crippen molar-refractivity contribution >= 4 is 0 Å². The highest BCUT2D eigenvalue weighted by molar-refractivity contribution is 5.18. The molecule has 0 saturated carbocycles. The summed E-state index contributed by atoms with van der Waals surface area (Å²) in [6, 6.07) is 10.4. The van der Waals surface area contributed by atoms with Crippen molar-refractivity contribution in [1.29, 1.82) is 0 Å². The van der Waals surface area contributed by atoms with Gasteiger partial charge in [-0.25, -0.2) is 0 Å². The second-order valence-electron chi connectivity index (χ2n) is 4.85. The van der Waals surface area contributed by atoms with Crippen molar-refractivity contribution in [3.8, 4) is 0 Å². The third-order valence-electron chi connectivity index (χ3n) is 3.46. The summed E-state index contributed by atoms with van der Waals surface area (Å²) < 4.78 is 6.12. The average molecular weight is 237 g/mol. The molecule has 96 valence electrons. The van der Waals surface area contributed by atoms with Gasteiger partial charge in [0.1, 0.15) is 6.54 Å². The Bertz CT molecular complexity index is 315. The molecule has 0 spiro atoms. The molecule has 2 N–H and O–H groups in total. The van der Waals surface area contributed by atoms with Gasteiger partial charge >= 0.3 is 0 Å². The molecule has 0 amide bonds. The molecule has 0 saturated heterocycles. The van der Waals surface area contributed by atoms with Crippen molar-refractivity contribution in [1.82, 2.24) is 0 Å². The fourth-order valence-corrected chi connectivity index (χ4v) is 1.97. The number of ether oxygens (including phenoxy) is 1. The molecule has 0 aliphatic carbocycles. The van der Waals surface area contributed by atoms with E-state index in [0.29, 0.717) is 0 Å². The first kappa shape index (κ1) is 14.2. The number of methoxy groups -OCH3 is 1. The number of quaternary nitrogens is 1. The summed E-state index contributed by atoms with van der Waals surface area (Å²) in [5.74, 6) is 0. The Morgan fingerprint density at radius 2 is 1.94 bits per heavy atom. The van der Waals surface area contributed by atoms with Crippen LogP contribution in [0.1, 0.15) is 18.5 Å². The standard InChI is InChI=1S/C14H25N2O/c1-4-16(2,10-11-17-3)12-14(15)13-8-6-5-7-9-13/h5-9,14H,4,10-12,15H2,1-3H3/q+1/t14-,16?/m1/s1. The first-order chi connectivity index (χ1) is 8.11. The van der Waals surface area contributed by atoms with Gasteiger partial charge in [-0.3, -0.25) is 0 Å². The number of nitrogens with zero attached hydrogens (tertiary/aromatic N) is 1. The molecule has 1 rings (SSSR count). The van der Waals surface area contributed by atoms with Gasteiger partial charge in [-0.1, -0.05) is 30.3 Å². The Morgan fingerprint density at radius 3 is 2.47 bits per heavy atom. The third kappa shape index (κ3) is 4.46. The Labute approximate surface area is 105 Å². The zero-order valence-electron chi connectivity index (χ0n) is 11.2. The monoisotopic (exact) mass is 237 g/mol. The van der Waals surface area contributed by atoms with Crippen molar-refractivity contribution in [2.45, 2.75) is 13.0 Å². The van der Waals surface area contributed by atoms with Gasteiger partial charge in [0.15, 0.2) is 0 Å². The van der Waals surface area contributed by atoms with Crippen molar-refractivity contribution in [3.63, 3.8) is 0 Å². The van der Waals surface area contributed by atoms with Crippen LogP contribution in [0.15, 0.2) is 30.3 Å². The third-order valence-corrected chi connectivity index (χ3v) is 3.46. The van der Waals surface area contributed by atoms with E-state index in [9.17, 15) is 0 Å². The predicted molar refractivity (Wildman–Crippen MR) is 71.7 cm³/mol. The maximum absolute atomic E-state index is 6.27. The largest absolute Gasteiger partial charge is 0.379 e. The predicted octanol–water partition coefficient (Wildman–Crippen LogP) is 1.80. The Hall–Kier alpha value is -0.900. The van der Waals surface area contributed by atoms with E-state index in [0.717, 1.165) is 30.7 Å². The molecule has 0 aliphatic rings. The summed E-state index contributed by atoms with van der Waals surface area (Å²) >= 11 is 0. The number of rotatable bonds is 7. The van der Waals surface area contributed by atoms with Crippen LogP contribution in [0.3, 0.4) is 0 Å². The normalized spacial score (nSPS) is 16.5. The molecule has 0 radical (unpaired) electrons. The smallest absolute Gasteiger partial charge is 0.102 e. The Balaban J connectivity index is 2.61. The van der Waals surface area contributed by atoms with Gasteiger partial charge in [0.05, 0.1) is 32.8 Å². The van der Waals surface area contributed by atoms with Crippen LogP contribution in [0, 0.1) is 0 Å². The van der Waals surface area contributed by atoms with Crippen LogP contribution < -0.4 is 5.73 Å². The Morgan fingerprint density at radius 1 is 1.29 bits per heavy atom. The second kappa shape index (κ2) is 6.74. The van der Waals surface area contributed by atoms with Crippen LogP contribution in [-0.2, 0) is 4.74 Å². The van der Waals surface area contributed by atoms with E-state index in [2.05, 4.69) is 26.1 Å². The van der Waals surface area contributed by atoms with Gasteiger partial charge in [0.25, 0.3) is 0 Å². The van der Waals surface area contributed by atoms with E-state index in [1.807, 2.05) is 18.2 Å². The molecule has 1 aromatic rings. The minimum atomic E-state index is 0.0954. The highest BCUT2D eigenvalue weighted by atomic mass is 16.5. The van der Waals surface area contributed by atoms with E-state index >= 15 is 0 Å². The van der Waals surface area contributed by atoms with Gasteiger partial charge in [0.2, 0.25) is 0 Å². The lowest BCUT2D eigenvalue weighted by Crippen LogP contribution is -2.50. The second-order valence-corrected chi connectivity index (χ2v) is 4.85. The molecule has 0 aromatic heterocycles. The van der Waals surface area contributed by atoms with Crippen molar-refractivity contribution in [2.24, 2.45) is 5.73 Å². The molecule has 3 heteroatoms. The zero-order chi connectivity index (χ0) is 12.7. The summed E-state index contributed by atoms with van der Waals surface area (Å²) in [6.45, 7) is 6.01. The number of hydrogen-bond donors (Lipinski definition) is 1. The van der Waals surface area contributed by atoms with E-state index in [4.69, 9.17) is 10.5 Å². The summed E-state index contributed by atoms with van der Waals surface area (Å²) in [4.78, 5) is 0. The zero-order valence-corrected chi connectivity index (χ0v) is 11.2. The molecule has 0 aliphatic heterocycles. The number of benzene rings is 1. The van der Waals surface area contributed by atoms with Gasteiger partial charge in [-0.05, 0) is 12.5 Å². The lowest BCUT2D eigenvalue weighted by Gasteiger charge is -2.35. The summed E-state index contributed by atoms with van der Waals surface area (Å²) in [5.41, 5.74) is 7.48. The van der Waals surface area contributed by atoms with Crippen molar-refractivity contribution in [3.05, 3.63) is 35.9 Å². The van der Waals surface area contributed by atoms with Crippen LogP contribution in [0.4, 0.5) is 0 Å². The topological polar surface area (TPSA) is 35.2 Å². The van der Waals surface area contributed by atoms with Crippen LogP contribution in [0.2, 0.25) is 0 Å². The highest BCUT2D eigenvalue weighted by Crippen LogP contribution is 2.15. The van der Waals surface area contributed by atoms with Gasteiger partial charge < -0.3 is 15.0 Å². The number of hydrogen-bond acceptors (Lipinski definition) is 2. The van der Waals surface area contributed by atoms with E-state index in [1.54, 1.807) is 7.11 Å². The van der Waals surface area contributed by atoms with Gasteiger partial charge in [-0.15, -0.1) is 0 Å². The SMILES string of the molecule is CC[N+](C)(CCOC)C[C@@H](N)c1ccccc1. The summed E-state index contributed by atoms with van der Waals surface area (Å²) in [6.07, 6.45) is 0. The number of nitrogens with two attached hydrogens (primary N) is 1. The fourth-order valence-electron chi connectivity index (χ4n) is 1.97. The molecule has 1 unspecified atom stereocenters. The van der Waals surface area contributed by atoms with Crippen molar-refractivity contribution < 1.29 is 9.22 Å². The molecule has 0 bridgehead atoms. The van der Waals surface area contributed by atoms with Gasteiger partial charge in [-0.2, -0.15) is 0 Å². The van der Waals surface area contributed by atoms with Gasteiger partial charge in [0, 0.05) is 7.11 Å². The quantitative estimate of drug-likeness (QED) is 0.734. The van der Waals surface area contributed by atoms with E-state index in [-0.39, 0.29) is 6.04 Å². The molecular weight excluding hydrogens is 212 g/mol. The highest BCUT2D eigenvalue weighted by Gasteiger charge is 2.23. The molecule has 17 heavy (non-hydrogen) atoms.